The lowest BCUT2D eigenvalue weighted by Gasteiger charge is -2.43. The highest BCUT2D eigenvalue weighted by Gasteiger charge is 2.34. The molecule has 1 aromatic rings. The van der Waals surface area contributed by atoms with Crippen molar-refractivity contribution >= 4 is 5.91 Å². The maximum Gasteiger partial charge on any atom is 0.248 e. The van der Waals surface area contributed by atoms with Crippen molar-refractivity contribution in [3.05, 3.63) is 17.7 Å². The number of hydrogen-bond donors (Lipinski definition) is 0. The molecule has 0 radical (unpaired) electrons. The van der Waals surface area contributed by atoms with Crippen LogP contribution in [-0.2, 0) is 22.7 Å². The highest BCUT2D eigenvalue weighted by Crippen LogP contribution is 2.34. The Balaban J connectivity index is 1.61. The molecule has 1 atom stereocenters. The van der Waals surface area contributed by atoms with Gasteiger partial charge >= 0.3 is 0 Å². The molecule has 1 aliphatic carbocycles. The molecular weight excluding hydrogens is 280 g/mol. The van der Waals surface area contributed by atoms with Gasteiger partial charge in [-0.05, 0) is 19.8 Å². The first-order valence-corrected chi connectivity index (χ1v) is 8.16. The molecule has 1 aromatic heterocycles. The van der Waals surface area contributed by atoms with Gasteiger partial charge in [0.2, 0.25) is 5.91 Å². The van der Waals surface area contributed by atoms with E-state index in [0.29, 0.717) is 12.6 Å². The van der Waals surface area contributed by atoms with Gasteiger partial charge in [-0.2, -0.15) is 0 Å². The second-order valence-electron chi connectivity index (χ2n) is 6.54. The van der Waals surface area contributed by atoms with E-state index in [1.54, 1.807) is 19.0 Å². The summed E-state index contributed by atoms with van der Waals surface area (Å²) in [6.45, 7) is 4.87. The van der Waals surface area contributed by atoms with Crippen molar-refractivity contribution in [2.45, 2.75) is 51.4 Å². The summed E-state index contributed by atoms with van der Waals surface area (Å²) in [6, 6.07) is 1.12. The summed E-state index contributed by atoms with van der Waals surface area (Å²) in [5, 5.41) is 0. The lowest BCUT2D eigenvalue weighted by Crippen LogP contribution is -2.47. The largest absolute Gasteiger partial charge is 0.365 e. The fourth-order valence-corrected chi connectivity index (χ4v) is 3.28. The second-order valence-corrected chi connectivity index (χ2v) is 6.54. The number of nitrogens with zero attached hydrogens (tertiary/aromatic N) is 4. The molecule has 2 heterocycles. The first-order valence-electron chi connectivity index (χ1n) is 8.16. The Kier molecular flexibility index (Phi) is 4.49. The molecule has 22 heavy (non-hydrogen) atoms. The molecule has 0 spiro atoms. The Morgan fingerprint density at radius 3 is 2.82 bits per heavy atom. The van der Waals surface area contributed by atoms with E-state index in [2.05, 4.69) is 21.4 Å². The minimum absolute atomic E-state index is 0.0112. The van der Waals surface area contributed by atoms with Gasteiger partial charge in [0.15, 0.2) is 0 Å². The molecule has 1 saturated carbocycles. The van der Waals surface area contributed by atoms with E-state index in [9.17, 15) is 4.79 Å². The van der Waals surface area contributed by atoms with Crippen LogP contribution >= 0.6 is 0 Å². The zero-order chi connectivity index (χ0) is 15.7. The van der Waals surface area contributed by atoms with E-state index in [1.165, 1.54) is 19.3 Å². The molecule has 1 aliphatic heterocycles. The fourth-order valence-electron chi connectivity index (χ4n) is 3.28. The van der Waals surface area contributed by atoms with Gasteiger partial charge in [-0.15, -0.1) is 0 Å². The summed E-state index contributed by atoms with van der Waals surface area (Å²) < 4.78 is 7.81. The number of rotatable bonds is 5. The summed E-state index contributed by atoms with van der Waals surface area (Å²) >= 11 is 0. The van der Waals surface area contributed by atoms with Gasteiger partial charge in [0.1, 0.15) is 12.4 Å². The molecule has 0 unspecified atom stereocenters. The average Bonchev–Trinajstić information content (AvgIpc) is 2.83. The molecule has 0 aromatic carbocycles. The maximum atomic E-state index is 11.5. The standard InChI is InChI=1S/C16H26N4O2/c1-12-16-17-9-14(10-22-11-15(21)18(2)3)20(16)8-7-19(12)13-5-4-6-13/h9,12-13H,4-8,10-11H2,1-3H3/t12-/m1/s1. The van der Waals surface area contributed by atoms with Gasteiger partial charge in [0, 0.05) is 33.2 Å². The van der Waals surface area contributed by atoms with Crippen LogP contribution in [0.3, 0.4) is 0 Å². The molecule has 6 nitrogen and oxygen atoms in total. The Morgan fingerprint density at radius 1 is 1.41 bits per heavy atom. The number of likely N-dealkylation sites (N-methyl/N-ethyl adjacent to an activating group) is 1. The second kappa shape index (κ2) is 6.38. The lowest BCUT2D eigenvalue weighted by molar-refractivity contribution is -0.134. The molecule has 0 saturated heterocycles. The van der Waals surface area contributed by atoms with Crippen molar-refractivity contribution in [1.29, 1.82) is 0 Å². The Morgan fingerprint density at radius 2 is 2.18 bits per heavy atom. The topological polar surface area (TPSA) is 50.6 Å². The van der Waals surface area contributed by atoms with Crippen LogP contribution < -0.4 is 0 Å². The number of hydrogen-bond acceptors (Lipinski definition) is 4. The van der Waals surface area contributed by atoms with E-state index >= 15 is 0 Å². The first-order chi connectivity index (χ1) is 10.6. The molecule has 2 aliphatic rings. The number of carbonyl (C=O) groups excluding carboxylic acids is 1. The highest BCUT2D eigenvalue weighted by atomic mass is 16.5. The summed E-state index contributed by atoms with van der Waals surface area (Å²) in [4.78, 5) is 20.3. The van der Waals surface area contributed by atoms with Crippen LogP contribution in [0.25, 0.3) is 0 Å². The van der Waals surface area contributed by atoms with Crippen molar-refractivity contribution < 1.29 is 9.53 Å². The third-order valence-corrected chi connectivity index (χ3v) is 4.94. The van der Waals surface area contributed by atoms with E-state index < -0.39 is 0 Å². The summed E-state index contributed by atoms with van der Waals surface area (Å²) in [5.41, 5.74) is 1.07. The highest BCUT2D eigenvalue weighted by molar-refractivity contribution is 5.76. The van der Waals surface area contributed by atoms with Gasteiger partial charge < -0.3 is 14.2 Å². The van der Waals surface area contributed by atoms with Gasteiger partial charge in [-0.3, -0.25) is 9.69 Å². The Hall–Kier alpha value is -1.40. The number of fused-ring (bicyclic) bond motifs is 1. The summed E-state index contributed by atoms with van der Waals surface area (Å²) in [6.07, 6.45) is 5.92. The van der Waals surface area contributed by atoms with Crippen LogP contribution in [0.2, 0.25) is 0 Å². The molecular formula is C16H26N4O2. The fraction of sp³-hybridized carbons (Fsp3) is 0.750. The molecule has 3 rings (SSSR count). The van der Waals surface area contributed by atoms with Gasteiger partial charge in [0.05, 0.1) is 24.5 Å². The molecule has 122 valence electrons. The van der Waals surface area contributed by atoms with E-state index in [4.69, 9.17) is 4.74 Å². The third-order valence-electron chi connectivity index (χ3n) is 4.94. The zero-order valence-electron chi connectivity index (χ0n) is 13.8. The minimum atomic E-state index is -0.0112. The quantitative estimate of drug-likeness (QED) is 0.825. The van der Waals surface area contributed by atoms with Gasteiger partial charge in [0.25, 0.3) is 0 Å². The number of aromatic nitrogens is 2. The first kappa shape index (κ1) is 15.5. The van der Waals surface area contributed by atoms with Crippen LogP contribution in [0.5, 0.6) is 0 Å². The minimum Gasteiger partial charge on any atom is -0.365 e. The van der Waals surface area contributed by atoms with Gasteiger partial charge in [-0.1, -0.05) is 6.42 Å². The van der Waals surface area contributed by atoms with Crippen molar-refractivity contribution in [3.8, 4) is 0 Å². The smallest absolute Gasteiger partial charge is 0.248 e. The normalized spacial score (nSPS) is 22.2. The predicted molar refractivity (Wildman–Crippen MR) is 83.3 cm³/mol. The van der Waals surface area contributed by atoms with E-state index in [1.807, 2.05) is 6.20 Å². The van der Waals surface area contributed by atoms with Gasteiger partial charge in [-0.25, -0.2) is 4.98 Å². The van der Waals surface area contributed by atoms with Crippen molar-refractivity contribution in [2.24, 2.45) is 0 Å². The average molecular weight is 306 g/mol. The van der Waals surface area contributed by atoms with Crippen molar-refractivity contribution in [3.63, 3.8) is 0 Å². The zero-order valence-corrected chi connectivity index (χ0v) is 13.8. The lowest BCUT2D eigenvalue weighted by atomic mass is 9.90. The van der Waals surface area contributed by atoms with E-state index in [0.717, 1.165) is 30.6 Å². The third kappa shape index (κ3) is 2.90. The number of carbonyl (C=O) groups is 1. The molecule has 0 N–H and O–H groups in total. The van der Waals surface area contributed by atoms with Crippen molar-refractivity contribution in [2.75, 3.05) is 27.2 Å². The monoisotopic (exact) mass is 306 g/mol. The Labute approximate surface area is 132 Å². The maximum absolute atomic E-state index is 11.5. The number of amides is 1. The molecule has 0 bridgehead atoms. The summed E-state index contributed by atoms with van der Waals surface area (Å²) in [5.74, 6) is 1.12. The van der Waals surface area contributed by atoms with E-state index in [-0.39, 0.29) is 12.5 Å². The molecule has 1 fully saturated rings. The SMILES string of the molecule is C[C@@H]1c2ncc(COCC(=O)N(C)C)n2CCN1C1CCC1. The Bertz CT molecular complexity index is 536. The van der Waals surface area contributed by atoms with Crippen molar-refractivity contribution in [1.82, 2.24) is 19.4 Å². The van der Waals surface area contributed by atoms with Crippen LogP contribution in [-0.4, -0.2) is 58.5 Å². The molecule has 6 heteroatoms. The number of ether oxygens (including phenoxy) is 1. The van der Waals surface area contributed by atoms with Crippen LogP contribution in [0.1, 0.15) is 43.7 Å². The number of imidazole rings is 1. The molecule has 1 amide bonds. The summed E-state index contributed by atoms with van der Waals surface area (Å²) in [7, 11) is 3.48. The van der Waals surface area contributed by atoms with Crippen LogP contribution in [0.4, 0.5) is 0 Å². The van der Waals surface area contributed by atoms with Crippen LogP contribution in [0.15, 0.2) is 6.20 Å². The van der Waals surface area contributed by atoms with Crippen LogP contribution in [0, 0.1) is 0 Å². The predicted octanol–water partition coefficient (Wildman–Crippen LogP) is 1.42.